The summed E-state index contributed by atoms with van der Waals surface area (Å²) in [7, 11) is -2.14. The molecular weight excluding hydrogens is 342 g/mol. The van der Waals surface area contributed by atoms with E-state index >= 15 is 0 Å². The van der Waals surface area contributed by atoms with E-state index in [9.17, 15) is 18.0 Å². The average Bonchev–Trinajstić information content (AvgIpc) is 2.55. The van der Waals surface area contributed by atoms with E-state index in [1.807, 2.05) is 0 Å². The molecule has 2 aromatic carbocycles. The van der Waals surface area contributed by atoms with Crippen LogP contribution in [-0.4, -0.2) is 33.7 Å². The zero-order valence-electron chi connectivity index (χ0n) is 14.4. The summed E-state index contributed by atoms with van der Waals surface area (Å²) in [4.78, 5) is 24.3. The first-order chi connectivity index (χ1) is 11.6. The third-order valence-corrected chi connectivity index (χ3v) is 4.90. The van der Waals surface area contributed by atoms with Gasteiger partial charge >= 0.3 is 5.97 Å². The molecule has 132 valence electrons. The van der Waals surface area contributed by atoms with Crippen LogP contribution in [0.25, 0.3) is 0 Å². The quantitative estimate of drug-likeness (QED) is 0.846. The molecule has 0 heterocycles. The number of hydrogen-bond acceptors (Lipinski definition) is 5. The lowest BCUT2D eigenvalue weighted by molar-refractivity contribution is 0.0600. The molecule has 0 aliphatic carbocycles. The Hall–Kier alpha value is -2.67. The van der Waals surface area contributed by atoms with Gasteiger partial charge in [-0.1, -0.05) is 12.1 Å². The Kier molecular flexibility index (Phi) is 5.27. The Balaban J connectivity index is 2.39. The molecule has 0 fully saturated rings. The minimum Gasteiger partial charge on any atom is -0.465 e. The summed E-state index contributed by atoms with van der Waals surface area (Å²) in [5, 5.41) is 2.72. The van der Waals surface area contributed by atoms with Gasteiger partial charge in [0, 0.05) is 17.5 Å². The molecule has 1 amide bonds. The van der Waals surface area contributed by atoms with Crippen LogP contribution in [-0.2, 0) is 14.6 Å². The van der Waals surface area contributed by atoms with Crippen LogP contribution >= 0.6 is 0 Å². The van der Waals surface area contributed by atoms with Crippen molar-refractivity contribution in [3.05, 3.63) is 58.7 Å². The van der Waals surface area contributed by atoms with Crippen molar-refractivity contribution in [2.75, 3.05) is 18.7 Å². The zero-order chi connectivity index (χ0) is 18.8. The van der Waals surface area contributed by atoms with Gasteiger partial charge in [-0.05, 0) is 49.2 Å². The Labute approximate surface area is 146 Å². The number of rotatable bonds is 4. The van der Waals surface area contributed by atoms with E-state index in [1.54, 1.807) is 32.0 Å². The molecule has 0 atom stereocenters. The first-order valence-electron chi connectivity index (χ1n) is 7.44. The number of nitrogens with one attached hydrogen (secondary N) is 1. The van der Waals surface area contributed by atoms with Crippen molar-refractivity contribution < 1.29 is 22.7 Å². The smallest absolute Gasteiger partial charge is 0.337 e. The third-order valence-electron chi connectivity index (χ3n) is 3.79. The maximum Gasteiger partial charge on any atom is 0.337 e. The first-order valence-corrected chi connectivity index (χ1v) is 9.33. The second-order valence-corrected chi connectivity index (χ2v) is 7.74. The molecule has 0 aromatic heterocycles. The van der Waals surface area contributed by atoms with Crippen LogP contribution in [0.1, 0.15) is 31.8 Å². The largest absolute Gasteiger partial charge is 0.465 e. The predicted molar refractivity (Wildman–Crippen MR) is 94.8 cm³/mol. The van der Waals surface area contributed by atoms with E-state index in [4.69, 9.17) is 0 Å². The second kappa shape index (κ2) is 7.06. The summed E-state index contributed by atoms with van der Waals surface area (Å²) < 4.78 is 28.1. The van der Waals surface area contributed by atoms with Crippen LogP contribution in [0.4, 0.5) is 5.69 Å². The van der Waals surface area contributed by atoms with Gasteiger partial charge in [0.1, 0.15) is 0 Å². The number of carbonyl (C=O) groups excluding carboxylic acids is 2. The van der Waals surface area contributed by atoms with Gasteiger partial charge in [-0.3, -0.25) is 4.79 Å². The van der Waals surface area contributed by atoms with Crippen molar-refractivity contribution >= 4 is 27.4 Å². The number of benzene rings is 2. The highest BCUT2D eigenvalue weighted by molar-refractivity contribution is 7.90. The molecule has 1 N–H and O–H groups in total. The number of amides is 1. The van der Waals surface area contributed by atoms with Crippen molar-refractivity contribution in [3.8, 4) is 0 Å². The second-order valence-electron chi connectivity index (χ2n) is 5.72. The lowest BCUT2D eigenvalue weighted by Gasteiger charge is -2.12. The summed E-state index contributed by atoms with van der Waals surface area (Å²) >= 11 is 0. The van der Waals surface area contributed by atoms with Gasteiger partial charge in [-0.25, -0.2) is 13.2 Å². The number of hydrogen-bond donors (Lipinski definition) is 1. The lowest BCUT2D eigenvalue weighted by atomic mass is 10.1. The van der Waals surface area contributed by atoms with Crippen LogP contribution in [0.15, 0.2) is 41.3 Å². The first kappa shape index (κ1) is 18.7. The molecule has 0 bridgehead atoms. The molecule has 0 aliphatic rings. The maximum absolute atomic E-state index is 12.6. The summed E-state index contributed by atoms with van der Waals surface area (Å²) in [5.74, 6) is -0.959. The van der Waals surface area contributed by atoms with Crippen molar-refractivity contribution in [2.24, 2.45) is 0 Å². The number of anilines is 1. The molecule has 0 saturated heterocycles. The molecule has 2 rings (SSSR count). The number of carbonyl (C=O) groups is 2. The number of aryl methyl sites for hydroxylation is 2. The van der Waals surface area contributed by atoms with Gasteiger partial charge in [0.05, 0.1) is 17.6 Å². The topological polar surface area (TPSA) is 89.5 Å². The maximum atomic E-state index is 12.6. The molecule has 0 radical (unpaired) electrons. The SMILES string of the molecule is COC(=O)c1ccc(C)c(NC(=O)c2cc(S(C)(=O)=O)ccc2C)c1. The van der Waals surface area contributed by atoms with Crippen molar-refractivity contribution in [2.45, 2.75) is 18.7 Å². The highest BCUT2D eigenvalue weighted by Gasteiger charge is 2.16. The fourth-order valence-corrected chi connectivity index (χ4v) is 2.91. The number of sulfone groups is 1. The van der Waals surface area contributed by atoms with E-state index < -0.39 is 21.7 Å². The molecule has 0 aliphatic heterocycles. The third kappa shape index (κ3) is 4.24. The Morgan fingerprint density at radius 1 is 1.00 bits per heavy atom. The Morgan fingerprint density at radius 2 is 1.64 bits per heavy atom. The zero-order valence-corrected chi connectivity index (χ0v) is 15.2. The van der Waals surface area contributed by atoms with Gasteiger partial charge in [-0.15, -0.1) is 0 Å². The van der Waals surface area contributed by atoms with Crippen molar-refractivity contribution in [1.29, 1.82) is 0 Å². The van der Waals surface area contributed by atoms with E-state index in [-0.39, 0.29) is 10.5 Å². The summed E-state index contributed by atoms with van der Waals surface area (Å²) in [6, 6.07) is 9.22. The van der Waals surface area contributed by atoms with E-state index in [1.165, 1.54) is 25.3 Å². The fraction of sp³-hybridized carbons (Fsp3) is 0.222. The monoisotopic (exact) mass is 361 g/mol. The number of esters is 1. The normalized spacial score (nSPS) is 11.0. The molecule has 0 saturated carbocycles. The lowest BCUT2D eigenvalue weighted by Crippen LogP contribution is -2.15. The van der Waals surface area contributed by atoms with Crippen LogP contribution in [0.2, 0.25) is 0 Å². The Morgan fingerprint density at radius 3 is 2.24 bits per heavy atom. The molecular formula is C18H19NO5S. The number of ether oxygens (including phenoxy) is 1. The van der Waals surface area contributed by atoms with Gasteiger partial charge in [0.2, 0.25) is 0 Å². The molecule has 25 heavy (non-hydrogen) atoms. The molecule has 2 aromatic rings. The van der Waals surface area contributed by atoms with Crippen LogP contribution in [0, 0.1) is 13.8 Å². The minimum absolute atomic E-state index is 0.0725. The fourth-order valence-electron chi connectivity index (χ4n) is 2.27. The highest BCUT2D eigenvalue weighted by Crippen LogP contribution is 2.21. The van der Waals surface area contributed by atoms with Crippen molar-refractivity contribution in [1.82, 2.24) is 0 Å². The molecule has 6 nitrogen and oxygen atoms in total. The van der Waals surface area contributed by atoms with Crippen LogP contribution < -0.4 is 5.32 Å². The molecule has 7 heteroatoms. The Bertz CT molecular complexity index is 948. The summed E-state index contributed by atoms with van der Waals surface area (Å²) in [6.07, 6.45) is 1.09. The standard InChI is InChI=1S/C18H19NO5S/c1-11-6-8-14(25(4,22)23)10-15(11)17(20)19-16-9-13(18(21)24-3)7-5-12(16)2/h5-10H,1-4H3,(H,19,20). The summed E-state index contributed by atoms with van der Waals surface area (Å²) in [5.41, 5.74) is 2.43. The van der Waals surface area contributed by atoms with Gasteiger partial charge in [0.25, 0.3) is 5.91 Å². The number of methoxy groups -OCH3 is 1. The van der Waals surface area contributed by atoms with Crippen LogP contribution in [0.3, 0.4) is 0 Å². The highest BCUT2D eigenvalue weighted by atomic mass is 32.2. The van der Waals surface area contributed by atoms with Gasteiger partial charge in [0.15, 0.2) is 9.84 Å². The van der Waals surface area contributed by atoms with Gasteiger partial charge < -0.3 is 10.1 Å². The minimum atomic E-state index is -3.42. The van der Waals surface area contributed by atoms with Gasteiger partial charge in [-0.2, -0.15) is 0 Å². The summed E-state index contributed by atoms with van der Waals surface area (Å²) in [6.45, 7) is 3.51. The van der Waals surface area contributed by atoms with E-state index in [0.717, 1.165) is 11.8 Å². The van der Waals surface area contributed by atoms with Crippen molar-refractivity contribution in [3.63, 3.8) is 0 Å². The van der Waals surface area contributed by atoms with Crippen LogP contribution in [0.5, 0.6) is 0 Å². The predicted octanol–water partition coefficient (Wildman–Crippen LogP) is 2.75. The van der Waals surface area contributed by atoms with E-state index in [0.29, 0.717) is 16.8 Å². The molecule has 0 unspecified atom stereocenters. The molecule has 0 spiro atoms. The average molecular weight is 361 g/mol. The van der Waals surface area contributed by atoms with E-state index in [2.05, 4.69) is 10.1 Å².